The summed E-state index contributed by atoms with van der Waals surface area (Å²) in [5.41, 5.74) is 0.614. The van der Waals surface area contributed by atoms with Crippen LogP contribution in [0.15, 0.2) is 24.3 Å². The van der Waals surface area contributed by atoms with Gasteiger partial charge in [0.2, 0.25) is 0 Å². The van der Waals surface area contributed by atoms with Crippen molar-refractivity contribution in [3.8, 4) is 11.8 Å². The topological polar surface area (TPSA) is 45.0 Å². The van der Waals surface area contributed by atoms with Crippen molar-refractivity contribution in [1.82, 2.24) is 0 Å². The highest BCUT2D eigenvalue weighted by Gasteiger charge is 2.45. The van der Waals surface area contributed by atoms with Crippen molar-refractivity contribution in [2.75, 3.05) is 12.4 Å². The van der Waals surface area contributed by atoms with E-state index in [9.17, 15) is 5.26 Å². The molecule has 1 aromatic rings. The number of hydrogen-bond acceptors (Lipinski definition) is 3. The zero-order valence-corrected chi connectivity index (χ0v) is 11.2. The number of hydrogen-bond donors (Lipinski definition) is 1. The van der Waals surface area contributed by atoms with Crippen LogP contribution in [0.5, 0.6) is 5.75 Å². The van der Waals surface area contributed by atoms with Gasteiger partial charge in [0, 0.05) is 5.69 Å². The molecule has 0 amide bonds. The lowest BCUT2D eigenvalue weighted by molar-refractivity contribution is 0.165. The van der Waals surface area contributed by atoms with Gasteiger partial charge in [-0.05, 0) is 48.9 Å². The molecule has 18 heavy (non-hydrogen) atoms. The van der Waals surface area contributed by atoms with Gasteiger partial charge in [-0.2, -0.15) is 5.26 Å². The molecule has 0 spiro atoms. The van der Waals surface area contributed by atoms with E-state index in [1.54, 1.807) is 7.11 Å². The molecule has 0 heterocycles. The Labute approximate surface area is 109 Å². The Bertz CT molecular complexity index is 439. The number of anilines is 1. The van der Waals surface area contributed by atoms with E-state index >= 15 is 0 Å². The van der Waals surface area contributed by atoms with Gasteiger partial charge in [-0.15, -0.1) is 0 Å². The third-order valence-electron chi connectivity index (χ3n) is 3.85. The number of nitriles is 1. The summed E-state index contributed by atoms with van der Waals surface area (Å²) in [5, 5.41) is 12.7. The summed E-state index contributed by atoms with van der Waals surface area (Å²) in [5.74, 6) is 2.15. The van der Waals surface area contributed by atoms with E-state index in [4.69, 9.17) is 4.74 Å². The smallest absolute Gasteiger partial charge is 0.125 e. The van der Waals surface area contributed by atoms with Crippen molar-refractivity contribution < 1.29 is 4.74 Å². The van der Waals surface area contributed by atoms with Crippen LogP contribution < -0.4 is 10.1 Å². The van der Waals surface area contributed by atoms with Crippen LogP contribution in [-0.2, 0) is 0 Å². The number of rotatable bonds is 4. The predicted molar refractivity (Wildman–Crippen MR) is 72.5 cm³/mol. The van der Waals surface area contributed by atoms with Crippen LogP contribution in [0.2, 0.25) is 0 Å². The lowest BCUT2D eigenvalue weighted by atomic mass is 9.64. The first-order valence-electron chi connectivity index (χ1n) is 6.42. The Morgan fingerprint density at radius 3 is 2.39 bits per heavy atom. The fourth-order valence-electron chi connectivity index (χ4n) is 2.48. The minimum absolute atomic E-state index is 0.372. The first-order chi connectivity index (χ1) is 8.58. The van der Waals surface area contributed by atoms with Gasteiger partial charge in [0.15, 0.2) is 0 Å². The van der Waals surface area contributed by atoms with Crippen molar-refractivity contribution >= 4 is 5.69 Å². The summed E-state index contributed by atoms with van der Waals surface area (Å²) in [7, 11) is 1.65. The highest BCUT2D eigenvalue weighted by Crippen LogP contribution is 2.43. The molecule has 2 rings (SSSR count). The number of ether oxygens (including phenoxy) is 1. The molecule has 1 aliphatic carbocycles. The minimum Gasteiger partial charge on any atom is -0.497 e. The van der Waals surface area contributed by atoms with Gasteiger partial charge in [0.25, 0.3) is 0 Å². The van der Waals surface area contributed by atoms with Crippen molar-refractivity contribution in [2.24, 2.45) is 11.8 Å². The summed E-state index contributed by atoms with van der Waals surface area (Å²) >= 11 is 0. The number of benzene rings is 1. The molecule has 1 fully saturated rings. The zero-order chi connectivity index (χ0) is 13.2. The Balaban J connectivity index is 2.02. The van der Waals surface area contributed by atoms with Crippen LogP contribution in [0.4, 0.5) is 5.69 Å². The van der Waals surface area contributed by atoms with Crippen molar-refractivity contribution in [1.29, 1.82) is 5.26 Å². The summed E-state index contributed by atoms with van der Waals surface area (Å²) in [6.45, 7) is 4.44. The SMILES string of the molecule is COc1ccc(NC2(C#N)CC(C(C)C)C2)cc1. The third-order valence-corrected chi connectivity index (χ3v) is 3.85. The Kier molecular flexibility index (Phi) is 3.47. The molecule has 0 bridgehead atoms. The molecular formula is C15H20N2O. The first-order valence-corrected chi connectivity index (χ1v) is 6.42. The third kappa shape index (κ3) is 2.43. The van der Waals surface area contributed by atoms with Gasteiger partial charge >= 0.3 is 0 Å². The molecule has 0 atom stereocenters. The molecule has 0 radical (unpaired) electrons. The second kappa shape index (κ2) is 4.89. The maximum Gasteiger partial charge on any atom is 0.125 e. The van der Waals surface area contributed by atoms with Gasteiger partial charge in [0.05, 0.1) is 13.2 Å². The van der Waals surface area contributed by atoms with Gasteiger partial charge < -0.3 is 10.1 Å². The van der Waals surface area contributed by atoms with Crippen molar-refractivity contribution in [3.63, 3.8) is 0 Å². The number of nitrogens with one attached hydrogen (secondary N) is 1. The summed E-state index contributed by atoms with van der Waals surface area (Å²) < 4.78 is 5.12. The molecule has 3 heteroatoms. The largest absolute Gasteiger partial charge is 0.497 e. The quantitative estimate of drug-likeness (QED) is 0.882. The average Bonchev–Trinajstić information content (AvgIpc) is 2.33. The molecule has 0 aromatic heterocycles. The molecule has 1 aromatic carbocycles. The Hall–Kier alpha value is -1.69. The van der Waals surface area contributed by atoms with Crippen LogP contribution in [0.1, 0.15) is 26.7 Å². The van der Waals surface area contributed by atoms with Gasteiger partial charge in [-0.3, -0.25) is 0 Å². The highest BCUT2D eigenvalue weighted by molar-refractivity contribution is 5.51. The van der Waals surface area contributed by atoms with E-state index in [2.05, 4.69) is 25.2 Å². The number of nitrogens with zero attached hydrogens (tertiary/aromatic N) is 1. The van der Waals surface area contributed by atoms with E-state index < -0.39 is 0 Å². The molecule has 3 nitrogen and oxygen atoms in total. The van der Waals surface area contributed by atoms with Gasteiger partial charge in [-0.25, -0.2) is 0 Å². The summed E-state index contributed by atoms with van der Waals surface area (Å²) in [4.78, 5) is 0. The fourth-order valence-corrected chi connectivity index (χ4v) is 2.48. The van der Waals surface area contributed by atoms with Crippen LogP contribution in [0, 0.1) is 23.2 Å². The molecule has 0 aliphatic heterocycles. The molecule has 0 saturated heterocycles. The van der Waals surface area contributed by atoms with E-state index in [0.29, 0.717) is 11.8 Å². The summed E-state index contributed by atoms with van der Waals surface area (Å²) in [6.07, 6.45) is 1.88. The second-order valence-corrected chi connectivity index (χ2v) is 5.46. The van der Waals surface area contributed by atoms with E-state index in [-0.39, 0.29) is 5.54 Å². The lowest BCUT2D eigenvalue weighted by Gasteiger charge is -2.45. The highest BCUT2D eigenvalue weighted by atomic mass is 16.5. The molecular weight excluding hydrogens is 224 g/mol. The van der Waals surface area contributed by atoms with Crippen LogP contribution in [0.25, 0.3) is 0 Å². The molecule has 1 aliphatic rings. The fraction of sp³-hybridized carbons (Fsp3) is 0.533. The first kappa shape index (κ1) is 12.8. The standard InChI is InChI=1S/C15H20N2O/c1-11(2)12-8-15(9-12,10-16)17-13-4-6-14(18-3)7-5-13/h4-7,11-12,17H,8-9H2,1-3H3. The summed E-state index contributed by atoms with van der Waals surface area (Å²) in [6, 6.07) is 10.2. The molecule has 96 valence electrons. The van der Waals surface area contributed by atoms with Crippen molar-refractivity contribution in [3.05, 3.63) is 24.3 Å². The van der Waals surface area contributed by atoms with Crippen LogP contribution in [-0.4, -0.2) is 12.6 Å². The van der Waals surface area contributed by atoms with Crippen LogP contribution >= 0.6 is 0 Å². The Morgan fingerprint density at radius 1 is 1.33 bits per heavy atom. The van der Waals surface area contributed by atoms with Crippen LogP contribution in [0.3, 0.4) is 0 Å². The zero-order valence-electron chi connectivity index (χ0n) is 11.2. The van der Waals surface area contributed by atoms with Gasteiger partial charge in [0.1, 0.15) is 11.3 Å². The van der Waals surface area contributed by atoms with E-state index in [1.165, 1.54) is 0 Å². The second-order valence-electron chi connectivity index (χ2n) is 5.46. The lowest BCUT2D eigenvalue weighted by Crippen LogP contribution is -2.50. The number of methoxy groups -OCH3 is 1. The minimum atomic E-state index is -0.372. The monoisotopic (exact) mass is 244 g/mol. The predicted octanol–water partition coefficient (Wildman–Crippen LogP) is 3.44. The normalized spacial score (nSPS) is 26.3. The van der Waals surface area contributed by atoms with Crippen molar-refractivity contribution in [2.45, 2.75) is 32.2 Å². The maximum atomic E-state index is 9.36. The molecule has 0 unspecified atom stereocenters. The Morgan fingerprint density at radius 2 is 1.94 bits per heavy atom. The van der Waals surface area contributed by atoms with Gasteiger partial charge in [-0.1, -0.05) is 13.8 Å². The van der Waals surface area contributed by atoms with E-state index in [0.717, 1.165) is 24.3 Å². The average molecular weight is 244 g/mol. The maximum absolute atomic E-state index is 9.36. The van der Waals surface area contributed by atoms with E-state index in [1.807, 2.05) is 24.3 Å². The molecule has 1 saturated carbocycles. The molecule has 1 N–H and O–H groups in total.